The van der Waals surface area contributed by atoms with Crippen molar-refractivity contribution in [3.63, 3.8) is 0 Å². The van der Waals surface area contributed by atoms with Crippen LogP contribution in [0.4, 0.5) is 18.9 Å². The average molecular weight is 501 g/mol. The normalized spacial score (nSPS) is 20.0. The predicted octanol–water partition coefficient (Wildman–Crippen LogP) is 4.56. The Hall–Kier alpha value is -3.32. The fourth-order valence-electron chi connectivity index (χ4n) is 5.18. The van der Waals surface area contributed by atoms with Crippen LogP contribution in [-0.2, 0) is 19.6 Å². The van der Waals surface area contributed by atoms with Crippen LogP contribution >= 0.6 is 0 Å². The number of aromatic nitrogens is 3. The van der Waals surface area contributed by atoms with E-state index in [1.165, 1.54) is 4.68 Å². The molecular formula is C26H31F3N6O. The highest BCUT2D eigenvalue weighted by Gasteiger charge is 2.37. The molecule has 7 nitrogen and oxygen atoms in total. The number of fused-ring (bicyclic) bond motifs is 1. The standard InChI is InChI=1S/C26H31F3N6O/c1-5-21-16-34(23-13-24(36)32(4)35-14-20(11-12-30)31-25(23)35)22(6-2)15-33(21)17(3)18-7-9-19(10-8-18)26(27,28)29/h7-10,13-14,17,21-22H,5-6,11,15-16H2,1-4H3/t17?,21-,22+/m1/s1. The fraction of sp³-hybridized carbons (Fsp3) is 0.500. The lowest BCUT2D eigenvalue weighted by atomic mass is 9.96. The largest absolute Gasteiger partial charge is 0.416 e. The molecule has 2 aromatic heterocycles. The van der Waals surface area contributed by atoms with Crippen LogP contribution in [0.2, 0.25) is 0 Å². The summed E-state index contributed by atoms with van der Waals surface area (Å²) in [4.78, 5) is 22.1. The van der Waals surface area contributed by atoms with Gasteiger partial charge in [0.15, 0.2) is 5.65 Å². The summed E-state index contributed by atoms with van der Waals surface area (Å²) in [5.74, 6) is 0. The minimum absolute atomic E-state index is 0.0641. The Morgan fingerprint density at radius 2 is 1.81 bits per heavy atom. The Kier molecular flexibility index (Phi) is 7.14. The van der Waals surface area contributed by atoms with E-state index in [-0.39, 0.29) is 30.1 Å². The van der Waals surface area contributed by atoms with E-state index >= 15 is 0 Å². The van der Waals surface area contributed by atoms with Gasteiger partial charge < -0.3 is 4.90 Å². The van der Waals surface area contributed by atoms with E-state index in [2.05, 4.69) is 34.7 Å². The second kappa shape index (κ2) is 9.97. The van der Waals surface area contributed by atoms with Crippen LogP contribution in [0.5, 0.6) is 0 Å². The molecule has 1 aliphatic rings. The number of hydrogen-bond acceptors (Lipinski definition) is 5. The molecule has 0 aliphatic carbocycles. The van der Waals surface area contributed by atoms with Gasteiger partial charge in [-0.25, -0.2) is 14.2 Å². The molecule has 1 aliphatic heterocycles. The number of hydrogen-bond donors (Lipinski definition) is 0. The van der Waals surface area contributed by atoms with Crippen LogP contribution < -0.4 is 10.5 Å². The fourth-order valence-corrected chi connectivity index (χ4v) is 5.18. The first-order chi connectivity index (χ1) is 17.1. The molecule has 10 heteroatoms. The average Bonchev–Trinajstić information content (AvgIpc) is 3.29. The van der Waals surface area contributed by atoms with Gasteiger partial charge in [-0.2, -0.15) is 18.4 Å². The molecule has 0 spiro atoms. The molecule has 0 radical (unpaired) electrons. The van der Waals surface area contributed by atoms with Crippen molar-refractivity contribution in [1.29, 1.82) is 5.26 Å². The maximum Gasteiger partial charge on any atom is 0.416 e. The molecule has 192 valence electrons. The molecule has 0 bridgehead atoms. The molecule has 36 heavy (non-hydrogen) atoms. The van der Waals surface area contributed by atoms with Gasteiger partial charge in [0, 0.05) is 44.3 Å². The Morgan fingerprint density at radius 3 is 2.39 bits per heavy atom. The summed E-state index contributed by atoms with van der Waals surface area (Å²) in [6, 6.07) is 9.30. The number of aryl methyl sites for hydroxylation is 1. The summed E-state index contributed by atoms with van der Waals surface area (Å²) >= 11 is 0. The molecule has 3 atom stereocenters. The highest BCUT2D eigenvalue weighted by Crippen LogP contribution is 2.35. The minimum Gasteiger partial charge on any atom is -0.362 e. The van der Waals surface area contributed by atoms with Crippen molar-refractivity contribution in [3.8, 4) is 6.07 Å². The molecule has 0 saturated carbocycles. The van der Waals surface area contributed by atoms with E-state index in [0.29, 0.717) is 24.4 Å². The van der Waals surface area contributed by atoms with Gasteiger partial charge in [0.1, 0.15) is 0 Å². The molecule has 1 aromatic carbocycles. The number of alkyl halides is 3. The molecule has 0 N–H and O–H groups in total. The second-order valence-electron chi connectivity index (χ2n) is 9.40. The van der Waals surface area contributed by atoms with Crippen LogP contribution in [0.1, 0.15) is 56.5 Å². The van der Waals surface area contributed by atoms with Crippen LogP contribution in [-0.4, -0.2) is 44.3 Å². The molecule has 4 rings (SSSR count). The molecule has 3 aromatic rings. The van der Waals surface area contributed by atoms with Crippen LogP contribution in [0.15, 0.2) is 41.3 Å². The third-order valence-corrected chi connectivity index (χ3v) is 7.34. The SMILES string of the molecule is CC[C@H]1CN(C(C)c2ccc(C(F)(F)F)cc2)[C@H](CC)CN1c1cc(=O)n(C)n2cc(CC#N)nc12. The number of piperazine rings is 1. The van der Waals surface area contributed by atoms with Gasteiger partial charge in [-0.3, -0.25) is 9.69 Å². The Bertz CT molecular complexity index is 1320. The lowest BCUT2D eigenvalue weighted by molar-refractivity contribution is -0.137. The summed E-state index contributed by atoms with van der Waals surface area (Å²) in [6.45, 7) is 7.58. The number of nitriles is 1. The van der Waals surface area contributed by atoms with E-state index in [1.54, 1.807) is 36.0 Å². The van der Waals surface area contributed by atoms with E-state index in [9.17, 15) is 18.0 Å². The highest BCUT2D eigenvalue weighted by molar-refractivity contribution is 5.69. The first-order valence-electron chi connectivity index (χ1n) is 12.2. The van der Waals surface area contributed by atoms with Crippen molar-refractivity contribution in [2.45, 2.75) is 64.3 Å². The van der Waals surface area contributed by atoms with E-state index in [1.807, 2.05) is 6.92 Å². The number of anilines is 1. The molecule has 0 amide bonds. The third kappa shape index (κ3) is 4.72. The maximum absolute atomic E-state index is 13.0. The second-order valence-corrected chi connectivity index (χ2v) is 9.40. The summed E-state index contributed by atoms with van der Waals surface area (Å²) in [5, 5.41) is 9.12. The van der Waals surface area contributed by atoms with Gasteiger partial charge in [-0.15, -0.1) is 0 Å². The zero-order valence-corrected chi connectivity index (χ0v) is 21.0. The molecule has 1 fully saturated rings. The van der Waals surface area contributed by atoms with E-state index < -0.39 is 11.7 Å². The van der Waals surface area contributed by atoms with Crippen LogP contribution in [0.3, 0.4) is 0 Å². The Labute approximate surface area is 208 Å². The van der Waals surface area contributed by atoms with Crippen LogP contribution in [0.25, 0.3) is 5.65 Å². The van der Waals surface area contributed by atoms with Gasteiger partial charge >= 0.3 is 6.18 Å². The Balaban J connectivity index is 1.68. The Morgan fingerprint density at radius 1 is 1.14 bits per heavy atom. The molecule has 1 unspecified atom stereocenters. The predicted molar refractivity (Wildman–Crippen MR) is 132 cm³/mol. The minimum atomic E-state index is -4.36. The van der Waals surface area contributed by atoms with Crippen molar-refractivity contribution in [1.82, 2.24) is 19.1 Å². The molecule has 1 saturated heterocycles. The van der Waals surface area contributed by atoms with Crippen molar-refractivity contribution in [2.75, 3.05) is 18.0 Å². The van der Waals surface area contributed by atoms with Crippen molar-refractivity contribution in [2.24, 2.45) is 7.05 Å². The van der Waals surface area contributed by atoms with Crippen LogP contribution in [0, 0.1) is 11.3 Å². The zero-order chi connectivity index (χ0) is 26.2. The van der Waals surface area contributed by atoms with E-state index in [0.717, 1.165) is 36.2 Å². The quantitative estimate of drug-likeness (QED) is 0.497. The van der Waals surface area contributed by atoms with Gasteiger partial charge in [-0.05, 0) is 37.5 Å². The van der Waals surface area contributed by atoms with Gasteiger partial charge in [-0.1, -0.05) is 26.0 Å². The van der Waals surface area contributed by atoms with Crippen molar-refractivity contribution < 1.29 is 13.2 Å². The van der Waals surface area contributed by atoms with Gasteiger partial charge in [0.05, 0.1) is 35.6 Å². The number of nitrogens with zero attached hydrogens (tertiary/aromatic N) is 6. The van der Waals surface area contributed by atoms with Crippen molar-refractivity contribution >= 4 is 11.3 Å². The van der Waals surface area contributed by atoms with E-state index in [4.69, 9.17) is 5.26 Å². The summed E-state index contributed by atoms with van der Waals surface area (Å²) < 4.78 is 42.3. The summed E-state index contributed by atoms with van der Waals surface area (Å²) in [7, 11) is 1.67. The first-order valence-corrected chi connectivity index (χ1v) is 12.2. The maximum atomic E-state index is 13.0. The molecule has 3 heterocycles. The lowest BCUT2D eigenvalue weighted by Crippen LogP contribution is -2.59. The van der Waals surface area contributed by atoms with Gasteiger partial charge in [0.25, 0.3) is 5.56 Å². The topological polar surface area (TPSA) is 69.6 Å². The highest BCUT2D eigenvalue weighted by atomic mass is 19.4. The zero-order valence-electron chi connectivity index (χ0n) is 21.0. The summed E-state index contributed by atoms with van der Waals surface area (Å²) in [5.41, 5.74) is 2.02. The monoisotopic (exact) mass is 500 g/mol. The third-order valence-electron chi connectivity index (χ3n) is 7.34. The number of benzene rings is 1. The first kappa shape index (κ1) is 25.8. The number of imidazole rings is 1. The lowest BCUT2D eigenvalue weighted by Gasteiger charge is -2.49. The van der Waals surface area contributed by atoms with Crippen molar-refractivity contribution in [3.05, 3.63) is 63.7 Å². The molecular weight excluding hydrogens is 469 g/mol. The summed E-state index contributed by atoms with van der Waals surface area (Å²) in [6.07, 6.45) is -0.815. The smallest absolute Gasteiger partial charge is 0.362 e. The van der Waals surface area contributed by atoms with Gasteiger partial charge in [0.2, 0.25) is 0 Å². The number of halogens is 3. The number of rotatable bonds is 6.